The zero-order valence-electron chi connectivity index (χ0n) is 15.9. The standard InChI is InChI=1S/C20H29N3O2.2ClH/c1-15(23-10-12-25-13-11-23)16-2-4-17(5-3-16)22-19(24)18-14-20(18)6-8-21-9-7-20;;/h2-5,15,18,21H,6-14H2,1H3,(H,22,24);2*1H. The molecule has 1 spiro atoms. The molecule has 4 rings (SSSR count). The fraction of sp³-hybridized carbons (Fsp3) is 0.650. The first-order valence-corrected chi connectivity index (χ1v) is 9.61. The fourth-order valence-corrected chi connectivity index (χ4v) is 4.45. The van der Waals surface area contributed by atoms with Crippen molar-refractivity contribution in [1.29, 1.82) is 0 Å². The lowest BCUT2D eigenvalue weighted by molar-refractivity contribution is -0.118. The van der Waals surface area contributed by atoms with Gasteiger partial charge in [-0.25, -0.2) is 0 Å². The molecular weight excluding hydrogens is 385 g/mol. The molecule has 0 bridgehead atoms. The van der Waals surface area contributed by atoms with Gasteiger partial charge in [0, 0.05) is 30.7 Å². The van der Waals surface area contributed by atoms with Gasteiger partial charge in [-0.05, 0) is 62.4 Å². The minimum Gasteiger partial charge on any atom is -0.379 e. The van der Waals surface area contributed by atoms with Gasteiger partial charge in [0.2, 0.25) is 5.91 Å². The SMILES string of the molecule is CC(c1ccc(NC(=O)C2CC23CCNCC3)cc1)N1CCOCC1.Cl.Cl. The summed E-state index contributed by atoms with van der Waals surface area (Å²) in [4.78, 5) is 15.0. The number of hydrogen-bond acceptors (Lipinski definition) is 4. The van der Waals surface area contributed by atoms with Crippen LogP contribution in [0.2, 0.25) is 0 Å². The molecule has 2 aliphatic heterocycles. The van der Waals surface area contributed by atoms with Crippen LogP contribution in [0.3, 0.4) is 0 Å². The zero-order valence-corrected chi connectivity index (χ0v) is 17.5. The Morgan fingerprint density at radius 3 is 2.44 bits per heavy atom. The molecule has 1 aromatic rings. The number of amides is 1. The predicted octanol–water partition coefficient (Wildman–Crippen LogP) is 3.25. The van der Waals surface area contributed by atoms with Gasteiger partial charge in [-0.15, -0.1) is 24.8 Å². The monoisotopic (exact) mass is 415 g/mol. The lowest BCUT2D eigenvalue weighted by Crippen LogP contribution is -2.38. The Labute approximate surface area is 174 Å². The van der Waals surface area contributed by atoms with Gasteiger partial charge in [-0.3, -0.25) is 9.69 Å². The summed E-state index contributed by atoms with van der Waals surface area (Å²) in [5.41, 5.74) is 2.50. The second kappa shape index (κ2) is 9.57. The number of benzene rings is 1. The molecule has 152 valence electrons. The number of rotatable bonds is 4. The summed E-state index contributed by atoms with van der Waals surface area (Å²) in [6.45, 7) is 7.95. The first kappa shape index (κ1) is 22.4. The number of halogens is 2. The van der Waals surface area contributed by atoms with Crippen LogP contribution in [0.25, 0.3) is 0 Å². The maximum Gasteiger partial charge on any atom is 0.228 e. The molecule has 2 saturated heterocycles. The van der Waals surface area contributed by atoms with Crippen molar-refractivity contribution in [3.63, 3.8) is 0 Å². The quantitative estimate of drug-likeness (QED) is 0.792. The van der Waals surface area contributed by atoms with Crippen molar-refractivity contribution < 1.29 is 9.53 Å². The molecule has 2 N–H and O–H groups in total. The van der Waals surface area contributed by atoms with E-state index in [4.69, 9.17) is 4.74 Å². The Hall–Kier alpha value is -0.850. The molecular formula is C20H31Cl2N3O2. The molecule has 0 radical (unpaired) electrons. The summed E-state index contributed by atoms with van der Waals surface area (Å²) in [6.07, 6.45) is 3.34. The molecule has 3 aliphatic rings. The summed E-state index contributed by atoms with van der Waals surface area (Å²) in [7, 11) is 0. The van der Waals surface area contributed by atoms with Gasteiger partial charge in [0.25, 0.3) is 0 Å². The van der Waals surface area contributed by atoms with Gasteiger partial charge < -0.3 is 15.4 Å². The molecule has 7 heteroatoms. The Morgan fingerprint density at radius 2 is 1.81 bits per heavy atom. The third-order valence-electron chi connectivity index (χ3n) is 6.36. The Morgan fingerprint density at radius 1 is 1.19 bits per heavy atom. The summed E-state index contributed by atoms with van der Waals surface area (Å²) < 4.78 is 5.43. The van der Waals surface area contributed by atoms with Crippen LogP contribution in [-0.4, -0.2) is 50.2 Å². The van der Waals surface area contributed by atoms with E-state index in [1.165, 1.54) is 5.56 Å². The molecule has 1 amide bonds. The number of morpholine rings is 1. The first-order valence-electron chi connectivity index (χ1n) is 9.61. The fourth-order valence-electron chi connectivity index (χ4n) is 4.45. The van der Waals surface area contributed by atoms with E-state index in [-0.39, 0.29) is 36.6 Å². The van der Waals surface area contributed by atoms with Crippen molar-refractivity contribution in [2.24, 2.45) is 11.3 Å². The van der Waals surface area contributed by atoms with E-state index in [1.807, 2.05) is 12.1 Å². The molecule has 3 fully saturated rings. The topological polar surface area (TPSA) is 53.6 Å². The van der Waals surface area contributed by atoms with E-state index in [1.54, 1.807) is 0 Å². The summed E-state index contributed by atoms with van der Waals surface area (Å²) >= 11 is 0. The van der Waals surface area contributed by atoms with Gasteiger partial charge in [0.05, 0.1) is 13.2 Å². The van der Waals surface area contributed by atoms with Crippen molar-refractivity contribution in [3.05, 3.63) is 29.8 Å². The number of piperidine rings is 1. The Bertz CT molecular complexity index is 614. The molecule has 2 atom stereocenters. The van der Waals surface area contributed by atoms with E-state index < -0.39 is 0 Å². The molecule has 2 unspecified atom stereocenters. The normalized spacial score (nSPS) is 25.0. The van der Waals surface area contributed by atoms with Crippen molar-refractivity contribution in [2.75, 3.05) is 44.7 Å². The number of nitrogens with zero attached hydrogens (tertiary/aromatic N) is 1. The third kappa shape index (κ3) is 4.96. The highest BCUT2D eigenvalue weighted by atomic mass is 35.5. The van der Waals surface area contributed by atoms with E-state index in [2.05, 4.69) is 34.6 Å². The van der Waals surface area contributed by atoms with Crippen LogP contribution >= 0.6 is 24.8 Å². The molecule has 2 heterocycles. The number of carbonyl (C=O) groups excluding carboxylic acids is 1. The summed E-state index contributed by atoms with van der Waals surface area (Å²) in [5.74, 6) is 0.414. The minimum atomic E-state index is 0. The van der Waals surface area contributed by atoms with Crippen molar-refractivity contribution in [3.8, 4) is 0 Å². The predicted molar refractivity (Wildman–Crippen MR) is 113 cm³/mol. The zero-order chi connectivity index (χ0) is 17.3. The second-order valence-corrected chi connectivity index (χ2v) is 7.80. The number of hydrogen-bond donors (Lipinski definition) is 2. The summed E-state index contributed by atoms with van der Waals surface area (Å²) in [5, 5.41) is 6.52. The highest BCUT2D eigenvalue weighted by molar-refractivity contribution is 5.95. The number of carbonyl (C=O) groups is 1. The third-order valence-corrected chi connectivity index (χ3v) is 6.36. The van der Waals surface area contributed by atoms with Crippen molar-refractivity contribution >= 4 is 36.4 Å². The maximum absolute atomic E-state index is 12.6. The second-order valence-electron chi connectivity index (χ2n) is 7.80. The van der Waals surface area contributed by atoms with Gasteiger partial charge >= 0.3 is 0 Å². The number of ether oxygens (including phenoxy) is 1. The van der Waals surface area contributed by atoms with E-state index in [0.717, 1.165) is 64.3 Å². The molecule has 1 saturated carbocycles. The van der Waals surface area contributed by atoms with Gasteiger partial charge in [-0.2, -0.15) is 0 Å². The first-order chi connectivity index (χ1) is 12.2. The maximum atomic E-state index is 12.6. The Kier molecular flexibility index (Phi) is 7.95. The van der Waals surface area contributed by atoms with E-state index in [0.29, 0.717) is 11.5 Å². The largest absolute Gasteiger partial charge is 0.379 e. The lowest BCUT2D eigenvalue weighted by Gasteiger charge is -2.32. The molecule has 0 aromatic heterocycles. The van der Waals surface area contributed by atoms with Crippen molar-refractivity contribution in [2.45, 2.75) is 32.2 Å². The smallest absolute Gasteiger partial charge is 0.228 e. The summed E-state index contributed by atoms with van der Waals surface area (Å²) in [6, 6.07) is 8.75. The number of nitrogens with one attached hydrogen (secondary N) is 2. The van der Waals surface area contributed by atoms with Gasteiger partial charge in [-0.1, -0.05) is 12.1 Å². The van der Waals surface area contributed by atoms with Crippen LogP contribution in [0.1, 0.15) is 37.8 Å². The van der Waals surface area contributed by atoms with E-state index >= 15 is 0 Å². The van der Waals surface area contributed by atoms with E-state index in [9.17, 15) is 4.79 Å². The Balaban J connectivity index is 0.00000131. The highest BCUT2D eigenvalue weighted by Gasteiger charge is 2.57. The average Bonchev–Trinajstić information content (AvgIpc) is 3.36. The van der Waals surface area contributed by atoms with Crippen LogP contribution in [0, 0.1) is 11.3 Å². The van der Waals surface area contributed by atoms with Gasteiger partial charge in [0.1, 0.15) is 0 Å². The molecule has 1 aliphatic carbocycles. The minimum absolute atomic E-state index is 0. The van der Waals surface area contributed by atoms with Crippen molar-refractivity contribution in [1.82, 2.24) is 10.2 Å². The van der Waals surface area contributed by atoms with Crippen LogP contribution in [0.15, 0.2) is 24.3 Å². The lowest BCUT2D eigenvalue weighted by atomic mass is 9.92. The van der Waals surface area contributed by atoms with Crippen LogP contribution in [0.5, 0.6) is 0 Å². The molecule has 1 aromatic carbocycles. The van der Waals surface area contributed by atoms with Crippen LogP contribution < -0.4 is 10.6 Å². The number of anilines is 1. The van der Waals surface area contributed by atoms with Crippen LogP contribution in [-0.2, 0) is 9.53 Å². The average molecular weight is 416 g/mol. The molecule has 27 heavy (non-hydrogen) atoms. The van der Waals surface area contributed by atoms with Gasteiger partial charge in [0.15, 0.2) is 0 Å². The molecule has 5 nitrogen and oxygen atoms in total. The van der Waals surface area contributed by atoms with Crippen LogP contribution in [0.4, 0.5) is 5.69 Å². The highest BCUT2D eigenvalue weighted by Crippen LogP contribution is 2.58.